The molecule has 4 heteroatoms. The highest BCUT2D eigenvalue weighted by Crippen LogP contribution is 2.19. The van der Waals surface area contributed by atoms with Crippen LogP contribution in [0.5, 0.6) is 0 Å². The number of thioether (sulfide) groups is 1. The van der Waals surface area contributed by atoms with Gasteiger partial charge in [0.1, 0.15) is 5.03 Å². The van der Waals surface area contributed by atoms with Crippen LogP contribution in [0.25, 0.3) is 0 Å². The fourth-order valence-electron chi connectivity index (χ4n) is 0.977. The Labute approximate surface area is 89.7 Å². The summed E-state index contributed by atoms with van der Waals surface area (Å²) < 4.78 is 0. The summed E-state index contributed by atoms with van der Waals surface area (Å²) in [6.45, 7) is 6.40. The lowest BCUT2D eigenvalue weighted by atomic mass is 10.3. The number of aryl methyl sites for hydroxylation is 1. The van der Waals surface area contributed by atoms with Crippen LogP contribution in [0.1, 0.15) is 19.5 Å². The van der Waals surface area contributed by atoms with E-state index < -0.39 is 0 Å². The number of hydrogen-bond donors (Lipinski definition) is 1. The van der Waals surface area contributed by atoms with Gasteiger partial charge in [0, 0.05) is 18.5 Å². The van der Waals surface area contributed by atoms with Crippen LogP contribution in [-0.4, -0.2) is 22.8 Å². The maximum atomic E-state index is 4.36. The number of nitrogens with one attached hydrogen (secondary N) is 1. The molecule has 14 heavy (non-hydrogen) atoms. The second kappa shape index (κ2) is 5.20. The third-order valence-electron chi connectivity index (χ3n) is 1.62. The Morgan fingerprint density at radius 2 is 2.14 bits per heavy atom. The van der Waals surface area contributed by atoms with Crippen molar-refractivity contribution in [2.75, 3.05) is 18.1 Å². The number of rotatable bonds is 4. The molecule has 0 spiro atoms. The van der Waals surface area contributed by atoms with E-state index in [0.29, 0.717) is 11.9 Å². The van der Waals surface area contributed by atoms with Crippen LogP contribution in [0, 0.1) is 12.8 Å². The van der Waals surface area contributed by atoms with E-state index in [1.807, 2.05) is 20.0 Å². The molecule has 0 unspecified atom stereocenters. The molecule has 0 aliphatic heterocycles. The first-order valence-electron chi connectivity index (χ1n) is 4.78. The highest BCUT2D eigenvalue weighted by molar-refractivity contribution is 7.99. The van der Waals surface area contributed by atoms with Crippen LogP contribution in [0.3, 0.4) is 0 Å². The minimum absolute atomic E-state index is 0.688. The van der Waals surface area contributed by atoms with E-state index in [-0.39, 0.29) is 0 Å². The van der Waals surface area contributed by atoms with Gasteiger partial charge in [0.15, 0.2) is 0 Å². The van der Waals surface area contributed by atoms with Gasteiger partial charge in [-0.2, -0.15) is 0 Å². The molecule has 1 N–H and O–H groups in total. The minimum atomic E-state index is 0.688. The third-order valence-corrected chi connectivity index (χ3v) is 2.96. The first-order valence-corrected chi connectivity index (χ1v) is 5.76. The average molecular weight is 211 g/mol. The lowest BCUT2D eigenvalue weighted by molar-refractivity contribution is 0.749. The molecule has 0 atom stereocenters. The van der Waals surface area contributed by atoms with Gasteiger partial charge in [-0.3, -0.25) is 0 Å². The maximum Gasteiger partial charge on any atom is 0.223 e. The molecule has 78 valence electrons. The lowest BCUT2D eigenvalue weighted by Gasteiger charge is -2.06. The van der Waals surface area contributed by atoms with Crippen molar-refractivity contribution < 1.29 is 0 Å². The monoisotopic (exact) mass is 211 g/mol. The Kier molecular flexibility index (Phi) is 4.20. The van der Waals surface area contributed by atoms with Crippen molar-refractivity contribution in [1.29, 1.82) is 0 Å². The molecule has 1 heterocycles. The highest BCUT2D eigenvalue weighted by atomic mass is 32.2. The van der Waals surface area contributed by atoms with Gasteiger partial charge in [0.2, 0.25) is 5.95 Å². The second-order valence-corrected chi connectivity index (χ2v) is 4.67. The summed E-state index contributed by atoms with van der Waals surface area (Å²) in [5.41, 5.74) is 1.01. The zero-order valence-electron chi connectivity index (χ0n) is 9.16. The topological polar surface area (TPSA) is 37.8 Å². The fourth-order valence-corrected chi connectivity index (χ4v) is 1.89. The second-order valence-electron chi connectivity index (χ2n) is 3.63. The van der Waals surface area contributed by atoms with Crippen LogP contribution in [0.15, 0.2) is 11.1 Å². The molecule has 0 fully saturated rings. The van der Waals surface area contributed by atoms with Crippen LogP contribution in [-0.2, 0) is 0 Å². The van der Waals surface area contributed by atoms with Gasteiger partial charge in [-0.25, -0.2) is 9.97 Å². The number of nitrogens with zero attached hydrogens (tertiary/aromatic N) is 2. The molecular formula is C10H17N3S. The average Bonchev–Trinajstić information content (AvgIpc) is 2.14. The molecule has 1 rings (SSSR count). The lowest BCUT2D eigenvalue weighted by Crippen LogP contribution is -1.99. The van der Waals surface area contributed by atoms with Gasteiger partial charge in [0.25, 0.3) is 0 Å². The molecule has 0 amide bonds. The molecular weight excluding hydrogens is 194 g/mol. The molecule has 0 aromatic carbocycles. The summed E-state index contributed by atoms with van der Waals surface area (Å²) in [6, 6.07) is 2.02. The summed E-state index contributed by atoms with van der Waals surface area (Å²) in [6.07, 6.45) is 0. The van der Waals surface area contributed by atoms with E-state index in [2.05, 4.69) is 29.1 Å². The van der Waals surface area contributed by atoms with E-state index in [4.69, 9.17) is 0 Å². The fraction of sp³-hybridized carbons (Fsp3) is 0.600. The smallest absolute Gasteiger partial charge is 0.223 e. The molecule has 0 radical (unpaired) electrons. The summed E-state index contributed by atoms with van der Waals surface area (Å²) in [5, 5.41) is 4.01. The molecule has 0 aliphatic rings. The Hall–Kier alpha value is -0.770. The minimum Gasteiger partial charge on any atom is -0.357 e. The van der Waals surface area contributed by atoms with E-state index in [1.54, 1.807) is 11.8 Å². The van der Waals surface area contributed by atoms with Gasteiger partial charge >= 0.3 is 0 Å². The summed E-state index contributed by atoms with van der Waals surface area (Å²) in [7, 11) is 1.84. The summed E-state index contributed by atoms with van der Waals surface area (Å²) in [5.74, 6) is 2.49. The van der Waals surface area contributed by atoms with Crippen molar-refractivity contribution in [2.45, 2.75) is 25.8 Å². The van der Waals surface area contributed by atoms with Crippen molar-refractivity contribution in [3.8, 4) is 0 Å². The number of hydrogen-bond acceptors (Lipinski definition) is 4. The first-order chi connectivity index (χ1) is 6.61. The standard InChI is InChI=1S/C10H17N3S/c1-7(2)6-14-9-5-8(3)12-10(11-4)13-9/h5,7H,6H2,1-4H3,(H,11,12,13). The Morgan fingerprint density at radius 3 is 2.71 bits per heavy atom. The molecule has 0 saturated carbocycles. The zero-order chi connectivity index (χ0) is 10.6. The Morgan fingerprint density at radius 1 is 1.43 bits per heavy atom. The Balaban J connectivity index is 2.71. The van der Waals surface area contributed by atoms with Crippen LogP contribution >= 0.6 is 11.8 Å². The first kappa shape index (κ1) is 11.3. The number of anilines is 1. The van der Waals surface area contributed by atoms with E-state index in [0.717, 1.165) is 16.5 Å². The van der Waals surface area contributed by atoms with Crippen molar-refractivity contribution >= 4 is 17.7 Å². The van der Waals surface area contributed by atoms with Crippen molar-refractivity contribution in [3.63, 3.8) is 0 Å². The van der Waals surface area contributed by atoms with Crippen LogP contribution in [0.2, 0.25) is 0 Å². The maximum absolute atomic E-state index is 4.36. The van der Waals surface area contributed by atoms with Crippen LogP contribution in [0.4, 0.5) is 5.95 Å². The van der Waals surface area contributed by atoms with Crippen LogP contribution < -0.4 is 5.32 Å². The quantitative estimate of drug-likeness (QED) is 0.613. The Bertz CT molecular complexity index is 299. The van der Waals surface area contributed by atoms with Gasteiger partial charge < -0.3 is 5.32 Å². The summed E-state index contributed by atoms with van der Waals surface area (Å²) in [4.78, 5) is 8.61. The van der Waals surface area contributed by atoms with Crippen molar-refractivity contribution in [3.05, 3.63) is 11.8 Å². The molecule has 0 aliphatic carbocycles. The van der Waals surface area contributed by atoms with Gasteiger partial charge in [0.05, 0.1) is 0 Å². The SMILES string of the molecule is CNc1nc(C)cc(SCC(C)C)n1. The normalized spacial score (nSPS) is 10.6. The zero-order valence-corrected chi connectivity index (χ0v) is 9.98. The summed E-state index contributed by atoms with van der Waals surface area (Å²) >= 11 is 1.78. The van der Waals surface area contributed by atoms with Crippen molar-refractivity contribution in [1.82, 2.24) is 9.97 Å². The highest BCUT2D eigenvalue weighted by Gasteiger charge is 2.02. The van der Waals surface area contributed by atoms with Crippen molar-refractivity contribution in [2.24, 2.45) is 5.92 Å². The predicted octanol–water partition coefficient (Wildman–Crippen LogP) is 2.57. The van der Waals surface area contributed by atoms with E-state index >= 15 is 0 Å². The van der Waals surface area contributed by atoms with Gasteiger partial charge in [-0.05, 0) is 18.9 Å². The molecule has 0 saturated heterocycles. The number of aromatic nitrogens is 2. The van der Waals surface area contributed by atoms with Gasteiger partial charge in [-0.1, -0.05) is 13.8 Å². The predicted molar refractivity (Wildman–Crippen MR) is 61.9 cm³/mol. The third kappa shape index (κ3) is 3.54. The molecule has 0 bridgehead atoms. The molecule has 1 aromatic rings. The molecule has 1 aromatic heterocycles. The van der Waals surface area contributed by atoms with Gasteiger partial charge in [-0.15, -0.1) is 11.8 Å². The molecule has 3 nitrogen and oxygen atoms in total. The van der Waals surface area contributed by atoms with E-state index in [9.17, 15) is 0 Å². The largest absolute Gasteiger partial charge is 0.357 e. The van der Waals surface area contributed by atoms with E-state index in [1.165, 1.54) is 0 Å².